The Labute approximate surface area is 160 Å². The molecule has 1 aromatic carbocycles. The Hall–Kier alpha value is -3.50. The minimum absolute atomic E-state index is 0.0716. The van der Waals surface area contributed by atoms with Gasteiger partial charge in [-0.1, -0.05) is 12.1 Å². The molecule has 0 saturated carbocycles. The van der Waals surface area contributed by atoms with Gasteiger partial charge in [0.15, 0.2) is 0 Å². The van der Waals surface area contributed by atoms with Crippen LogP contribution in [-0.4, -0.2) is 58.7 Å². The van der Waals surface area contributed by atoms with Gasteiger partial charge < -0.3 is 19.9 Å². The second kappa shape index (κ2) is 8.46. The third-order valence-corrected chi connectivity index (χ3v) is 4.22. The van der Waals surface area contributed by atoms with Gasteiger partial charge in [-0.15, -0.1) is 0 Å². The molecule has 28 heavy (non-hydrogen) atoms. The Bertz CT molecular complexity index is 872. The van der Waals surface area contributed by atoms with Gasteiger partial charge in [0.2, 0.25) is 11.6 Å². The summed E-state index contributed by atoms with van der Waals surface area (Å²) in [4.78, 5) is 34.1. The van der Waals surface area contributed by atoms with Gasteiger partial charge in [0.05, 0.1) is 17.2 Å². The van der Waals surface area contributed by atoms with Gasteiger partial charge in [-0.3, -0.25) is 10.1 Å². The number of ether oxygens (including phenoxy) is 1. The number of hydrogen-bond donors (Lipinski definition) is 1. The molecule has 1 aromatic heterocycles. The number of benzene rings is 1. The lowest BCUT2D eigenvalue weighted by Crippen LogP contribution is -2.49. The molecule has 0 bridgehead atoms. The first kappa shape index (κ1) is 19.3. The lowest BCUT2D eigenvalue weighted by Gasteiger charge is -2.34. The topological polar surface area (TPSA) is 114 Å². The number of anilines is 3. The second-order valence-corrected chi connectivity index (χ2v) is 5.93. The number of nitro groups is 1. The maximum Gasteiger partial charge on any atom is 0.409 e. The first-order valence-electron chi connectivity index (χ1n) is 8.68. The van der Waals surface area contributed by atoms with E-state index in [2.05, 4.69) is 15.3 Å². The van der Waals surface area contributed by atoms with Crippen LogP contribution in [0.15, 0.2) is 30.6 Å². The standard InChI is InChI=1S/C17H19FN6O4/c1-2-28-17(25)23-9-7-22(8-10-23)16-14(24(26)27)15(19-11-20-16)21-13-6-4-3-5-12(13)18/h3-6,11H,2,7-10H2,1H3,(H,19,20,21). The highest BCUT2D eigenvalue weighted by Crippen LogP contribution is 2.34. The number of piperazine rings is 1. The highest BCUT2D eigenvalue weighted by atomic mass is 19.1. The Morgan fingerprint density at radius 1 is 1.29 bits per heavy atom. The van der Waals surface area contributed by atoms with E-state index in [1.165, 1.54) is 29.4 Å². The van der Waals surface area contributed by atoms with Crippen molar-refractivity contribution in [1.29, 1.82) is 0 Å². The first-order valence-corrected chi connectivity index (χ1v) is 8.68. The van der Waals surface area contributed by atoms with Crippen molar-refractivity contribution >= 4 is 29.1 Å². The Morgan fingerprint density at radius 2 is 2.00 bits per heavy atom. The summed E-state index contributed by atoms with van der Waals surface area (Å²) >= 11 is 0. The fraction of sp³-hybridized carbons (Fsp3) is 0.353. The van der Waals surface area contributed by atoms with Crippen molar-refractivity contribution in [1.82, 2.24) is 14.9 Å². The smallest absolute Gasteiger partial charge is 0.409 e. The quantitative estimate of drug-likeness (QED) is 0.612. The largest absolute Gasteiger partial charge is 0.450 e. The van der Waals surface area contributed by atoms with E-state index in [4.69, 9.17) is 4.74 Å². The zero-order valence-corrected chi connectivity index (χ0v) is 15.2. The Balaban J connectivity index is 1.83. The van der Waals surface area contributed by atoms with Crippen molar-refractivity contribution in [3.8, 4) is 0 Å². The maximum absolute atomic E-state index is 13.9. The van der Waals surface area contributed by atoms with E-state index in [9.17, 15) is 19.3 Å². The zero-order valence-electron chi connectivity index (χ0n) is 15.2. The van der Waals surface area contributed by atoms with E-state index >= 15 is 0 Å². The third kappa shape index (κ3) is 4.08. The molecular formula is C17H19FN6O4. The summed E-state index contributed by atoms with van der Waals surface area (Å²) in [6.45, 7) is 3.38. The third-order valence-electron chi connectivity index (χ3n) is 4.22. The summed E-state index contributed by atoms with van der Waals surface area (Å²) in [5, 5.41) is 14.4. The number of rotatable bonds is 5. The van der Waals surface area contributed by atoms with Gasteiger partial charge in [0.1, 0.15) is 12.1 Å². The minimum Gasteiger partial charge on any atom is -0.450 e. The van der Waals surface area contributed by atoms with E-state index in [0.717, 1.165) is 0 Å². The first-order chi connectivity index (χ1) is 13.5. The molecule has 2 heterocycles. The van der Waals surface area contributed by atoms with Crippen LogP contribution in [0.1, 0.15) is 6.92 Å². The SMILES string of the molecule is CCOC(=O)N1CCN(c2ncnc(Nc3ccccc3F)c2[N+](=O)[O-])CC1. The average Bonchev–Trinajstić information content (AvgIpc) is 2.69. The lowest BCUT2D eigenvalue weighted by molar-refractivity contribution is -0.383. The van der Waals surface area contributed by atoms with Crippen LogP contribution in [0, 0.1) is 15.9 Å². The highest BCUT2D eigenvalue weighted by Gasteiger charge is 2.31. The molecule has 0 aliphatic carbocycles. The molecule has 0 radical (unpaired) electrons. The lowest BCUT2D eigenvalue weighted by atomic mass is 10.2. The predicted octanol–water partition coefficient (Wildman–Crippen LogP) is 2.55. The van der Waals surface area contributed by atoms with Crippen LogP contribution in [0.25, 0.3) is 0 Å². The molecule has 0 unspecified atom stereocenters. The van der Waals surface area contributed by atoms with Crippen molar-refractivity contribution in [2.45, 2.75) is 6.92 Å². The van der Waals surface area contributed by atoms with E-state index in [1.807, 2.05) is 0 Å². The predicted molar refractivity (Wildman–Crippen MR) is 99.2 cm³/mol. The van der Waals surface area contributed by atoms with Crippen molar-refractivity contribution in [3.63, 3.8) is 0 Å². The van der Waals surface area contributed by atoms with Crippen LogP contribution in [0.5, 0.6) is 0 Å². The molecular weight excluding hydrogens is 371 g/mol. The second-order valence-electron chi connectivity index (χ2n) is 5.93. The minimum atomic E-state index is -0.601. The van der Waals surface area contributed by atoms with Gasteiger partial charge in [-0.2, -0.15) is 0 Å². The zero-order chi connectivity index (χ0) is 20.1. The number of nitrogens with zero attached hydrogens (tertiary/aromatic N) is 5. The number of nitrogens with one attached hydrogen (secondary N) is 1. The van der Waals surface area contributed by atoms with Crippen LogP contribution in [-0.2, 0) is 4.74 Å². The molecule has 3 rings (SSSR count). The molecule has 1 fully saturated rings. The molecule has 0 spiro atoms. The number of hydrogen-bond acceptors (Lipinski definition) is 8. The van der Waals surface area contributed by atoms with Crippen LogP contribution >= 0.6 is 0 Å². The summed E-state index contributed by atoms with van der Waals surface area (Å²) in [5.41, 5.74) is -0.280. The summed E-state index contributed by atoms with van der Waals surface area (Å²) in [6, 6.07) is 5.82. The summed E-state index contributed by atoms with van der Waals surface area (Å²) in [5.74, 6) is -0.546. The van der Waals surface area contributed by atoms with E-state index in [0.29, 0.717) is 26.2 Å². The van der Waals surface area contributed by atoms with Crippen molar-refractivity contribution in [2.75, 3.05) is 43.0 Å². The van der Waals surface area contributed by atoms with Crippen molar-refractivity contribution in [2.24, 2.45) is 0 Å². The maximum atomic E-state index is 13.9. The molecule has 1 N–H and O–H groups in total. The summed E-state index contributed by atoms with van der Waals surface area (Å²) < 4.78 is 18.9. The molecule has 1 aliphatic heterocycles. The summed E-state index contributed by atoms with van der Waals surface area (Å²) in [6.07, 6.45) is 0.768. The molecule has 1 aliphatic rings. The monoisotopic (exact) mass is 390 g/mol. The number of carbonyl (C=O) groups excluding carboxylic acids is 1. The highest BCUT2D eigenvalue weighted by molar-refractivity contribution is 5.75. The molecule has 1 saturated heterocycles. The number of amides is 1. The number of halogens is 1. The van der Waals surface area contributed by atoms with Crippen LogP contribution in [0.3, 0.4) is 0 Å². The number of aromatic nitrogens is 2. The Morgan fingerprint density at radius 3 is 2.64 bits per heavy atom. The van der Waals surface area contributed by atoms with E-state index in [1.54, 1.807) is 17.9 Å². The summed E-state index contributed by atoms with van der Waals surface area (Å²) in [7, 11) is 0. The van der Waals surface area contributed by atoms with Crippen LogP contribution in [0.2, 0.25) is 0 Å². The van der Waals surface area contributed by atoms with E-state index in [-0.39, 0.29) is 29.6 Å². The average molecular weight is 390 g/mol. The number of carbonyl (C=O) groups is 1. The van der Waals surface area contributed by atoms with Gasteiger partial charge in [-0.25, -0.2) is 19.2 Å². The van der Waals surface area contributed by atoms with Gasteiger partial charge >= 0.3 is 11.8 Å². The molecule has 148 valence electrons. The molecule has 11 heteroatoms. The van der Waals surface area contributed by atoms with Crippen molar-refractivity contribution in [3.05, 3.63) is 46.5 Å². The number of para-hydroxylation sites is 1. The molecule has 0 atom stereocenters. The Kier molecular flexibility index (Phi) is 5.82. The molecule has 2 aromatic rings. The van der Waals surface area contributed by atoms with Crippen molar-refractivity contribution < 1.29 is 18.8 Å². The van der Waals surface area contributed by atoms with Gasteiger partial charge in [-0.05, 0) is 19.1 Å². The normalized spacial score (nSPS) is 13.9. The van der Waals surface area contributed by atoms with E-state index < -0.39 is 16.8 Å². The molecule has 10 nitrogen and oxygen atoms in total. The fourth-order valence-electron chi connectivity index (χ4n) is 2.87. The van der Waals surface area contributed by atoms with Crippen LogP contribution in [0.4, 0.5) is 32.2 Å². The van der Waals surface area contributed by atoms with Crippen LogP contribution < -0.4 is 10.2 Å². The molecule has 1 amide bonds. The fourth-order valence-corrected chi connectivity index (χ4v) is 2.87. The van der Waals surface area contributed by atoms with Gasteiger partial charge in [0, 0.05) is 26.2 Å². The van der Waals surface area contributed by atoms with Gasteiger partial charge in [0.25, 0.3) is 0 Å².